The zero-order valence-electron chi connectivity index (χ0n) is 13.8. The molecule has 126 valence electrons. The first-order valence-corrected chi connectivity index (χ1v) is 8.77. The molecular weight excluding hydrogens is 322 g/mol. The summed E-state index contributed by atoms with van der Waals surface area (Å²) in [7, 11) is 0. The van der Waals surface area contributed by atoms with Crippen LogP contribution < -0.4 is 4.90 Å². The van der Waals surface area contributed by atoms with Crippen LogP contribution in [0, 0.1) is 0 Å². The molecule has 0 spiro atoms. The third-order valence-corrected chi connectivity index (χ3v) is 4.99. The maximum atomic E-state index is 9.82. The second-order valence-corrected chi connectivity index (χ2v) is 6.96. The van der Waals surface area contributed by atoms with Crippen LogP contribution in [0.15, 0.2) is 42.7 Å². The summed E-state index contributed by atoms with van der Waals surface area (Å²) in [6, 6.07) is 12.1. The molecular formula is C18H21N3O2S. The first-order chi connectivity index (χ1) is 11.6. The van der Waals surface area contributed by atoms with Crippen molar-refractivity contribution in [3.8, 4) is 10.4 Å². The minimum atomic E-state index is -0.517. The Morgan fingerprint density at radius 2 is 1.92 bits per heavy atom. The van der Waals surface area contributed by atoms with E-state index in [-0.39, 0.29) is 12.6 Å². The van der Waals surface area contributed by atoms with E-state index in [1.54, 1.807) is 24.6 Å². The van der Waals surface area contributed by atoms with Crippen LogP contribution in [0.25, 0.3) is 20.7 Å². The minimum Gasteiger partial charge on any atom is -0.394 e. The lowest BCUT2D eigenvalue weighted by molar-refractivity contribution is 0.189. The monoisotopic (exact) mass is 343 g/mol. The van der Waals surface area contributed by atoms with Gasteiger partial charge in [-0.1, -0.05) is 30.3 Å². The van der Waals surface area contributed by atoms with Gasteiger partial charge in [0.05, 0.1) is 24.1 Å². The van der Waals surface area contributed by atoms with Crippen molar-refractivity contribution in [1.29, 1.82) is 0 Å². The summed E-state index contributed by atoms with van der Waals surface area (Å²) in [6.07, 6.45) is 1.03. The molecule has 0 unspecified atom stereocenters. The lowest BCUT2D eigenvalue weighted by atomic mass is 10.1. The number of anilines is 1. The second kappa shape index (κ2) is 7.25. The molecule has 0 radical (unpaired) electrons. The van der Waals surface area contributed by atoms with Crippen LogP contribution in [0.5, 0.6) is 0 Å². The Balaban J connectivity index is 2.09. The Labute approximate surface area is 145 Å². The molecule has 0 saturated heterocycles. The van der Waals surface area contributed by atoms with Crippen molar-refractivity contribution in [1.82, 2.24) is 9.97 Å². The van der Waals surface area contributed by atoms with Gasteiger partial charge < -0.3 is 15.1 Å². The van der Waals surface area contributed by atoms with Crippen molar-refractivity contribution in [3.05, 3.63) is 42.7 Å². The summed E-state index contributed by atoms with van der Waals surface area (Å²) < 4.78 is 0. The number of aliphatic hydroxyl groups excluding tert-OH is 2. The topological polar surface area (TPSA) is 69.5 Å². The largest absolute Gasteiger partial charge is 0.394 e. The second-order valence-electron chi connectivity index (χ2n) is 5.93. The van der Waals surface area contributed by atoms with Crippen LogP contribution in [0.4, 0.5) is 5.82 Å². The normalized spacial score (nSPS) is 13.8. The van der Waals surface area contributed by atoms with Crippen molar-refractivity contribution in [2.75, 3.05) is 18.1 Å². The average Bonchev–Trinajstić information content (AvgIpc) is 3.04. The van der Waals surface area contributed by atoms with Gasteiger partial charge in [0, 0.05) is 11.4 Å². The Morgan fingerprint density at radius 3 is 2.58 bits per heavy atom. The average molecular weight is 343 g/mol. The fourth-order valence-corrected chi connectivity index (χ4v) is 3.67. The Bertz CT molecular complexity index is 804. The number of hydrogen-bond donors (Lipinski definition) is 2. The number of rotatable bonds is 6. The summed E-state index contributed by atoms with van der Waals surface area (Å²) >= 11 is 1.62. The summed E-state index contributed by atoms with van der Waals surface area (Å²) in [5, 5.41) is 20.3. The lowest BCUT2D eigenvalue weighted by Gasteiger charge is -2.30. The van der Waals surface area contributed by atoms with E-state index in [0.717, 1.165) is 26.5 Å². The van der Waals surface area contributed by atoms with Gasteiger partial charge in [-0.15, -0.1) is 11.3 Å². The zero-order valence-corrected chi connectivity index (χ0v) is 14.6. The summed E-state index contributed by atoms with van der Waals surface area (Å²) in [5.74, 6) is 0.751. The first-order valence-electron chi connectivity index (χ1n) is 7.95. The SMILES string of the molecule is C[C@H](CO)N(C[C@@H](C)O)c1ncnc2sc(-c3ccccc3)cc12. The van der Waals surface area contributed by atoms with Gasteiger partial charge >= 0.3 is 0 Å². The van der Waals surface area contributed by atoms with Gasteiger partial charge in [0.2, 0.25) is 0 Å². The standard InChI is InChI=1S/C18H21N3O2S/c1-12(10-22)21(9-13(2)23)17-15-8-16(14-6-4-3-5-7-14)24-18(15)20-11-19-17/h3-8,11-13,22-23H,9-10H2,1-2H3/t12-,13-/m1/s1. The molecule has 6 heteroatoms. The molecule has 1 aromatic carbocycles. The molecule has 0 saturated carbocycles. The number of nitrogens with zero attached hydrogens (tertiary/aromatic N) is 3. The van der Waals surface area contributed by atoms with E-state index >= 15 is 0 Å². The van der Waals surface area contributed by atoms with Gasteiger partial charge in [0.25, 0.3) is 0 Å². The molecule has 5 nitrogen and oxygen atoms in total. The van der Waals surface area contributed by atoms with Crippen LogP contribution >= 0.6 is 11.3 Å². The Morgan fingerprint density at radius 1 is 1.17 bits per heavy atom. The van der Waals surface area contributed by atoms with E-state index in [0.29, 0.717) is 6.54 Å². The van der Waals surface area contributed by atoms with Gasteiger partial charge in [0.1, 0.15) is 17.0 Å². The highest BCUT2D eigenvalue weighted by Gasteiger charge is 2.21. The van der Waals surface area contributed by atoms with Crippen molar-refractivity contribution in [2.45, 2.75) is 26.0 Å². The maximum Gasteiger partial charge on any atom is 0.141 e. The first kappa shape index (κ1) is 16.8. The highest BCUT2D eigenvalue weighted by atomic mass is 32.1. The van der Waals surface area contributed by atoms with E-state index in [4.69, 9.17) is 0 Å². The van der Waals surface area contributed by atoms with E-state index < -0.39 is 6.10 Å². The van der Waals surface area contributed by atoms with Crippen LogP contribution in [0.3, 0.4) is 0 Å². The predicted molar refractivity (Wildman–Crippen MR) is 98.4 cm³/mol. The molecule has 0 amide bonds. The molecule has 3 aromatic rings. The quantitative estimate of drug-likeness (QED) is 0.720. The zero-order chi connectivity index (χ0) is 17.1. The number of aliphatic hydroxyl groups is 2. The van der Waals surface area contributed by atoms with E-state index in [9.17, 15) is 10.2 Å². The number of thiophene rings is 1. The predicted octanol–water partition coefficient (Wildman–Crippen LogP) is 2.93. The smallest absolute Gasteiger partial charge is 0.141 e. The number of fused-ring (bicyclic) bond motifs is 1. The molecule has 0 aliphatic heterocycles. The van der Waals surface area contributed by atoms with Gasteiger partial charge in [-0.25, -0.2) is 9.97 Å². The summed E-state index contributed by atoms with van der Waals surface area (Å²) in [6.45, 7) is 4.05. The van der Waals surface area contributed by atoms with Gasteiger partial charge in [-0.3, -0.25) is 0 Å². The summed E-state index contributed by atoms with van der Waals surface area (Å²) in [5.41, 5.74) is 1.14. The number of aromatic nitrogens is 2. The number of hydrogen-bond acceptors (Lipinski definition) is 6. The van der Waals surface area contributed by atoms with Crippen molar-refractivity contribution < 1.29 is 10.2 Å². The molecule has 2 atom stereocenters. The molecule has 0 aliphatic rings. The van der Waals surface area contributed by atoms with E-state index in [2.05, 4.69) is 28.2 Å². The Kier molecular flexibility index (Phi) is 5.08. The highest BCUT2D eigenvalue weighted by Crippen LogP contribution is 2.36. The minimum absolute atomic E-state index is 0.00606. The molecule has 3 rings (SSSR count). The maximum absolute atomic E-state index is 9.82. The summed E-state index contributed by atoms with van der Waals surface area (Å²) in [4.78, 5) is 12.8. The van der Waals surface area contributed by atoms with Gasteiger partial charge in [0.15, 0.2) is 0 Å². The molecule has 2 aromatic heterocycles. The third kappa shape index (κ3) is 3.40. The van der Waals surface area contributed by atoms with Crippen LogP contribution in [0.2, 0.25) is 0 Å². The van der Waals surface area contributed by atoms with Crippen molar-refractivity contribution in [3.63, 3.8) is 0 Å². The fraction of sp³-hybridized carbons (Fsp3) is 0.333. The molecule has 0 bridgehead atoms. The van der Waals surface area contributed by atoms with Crippen molar-refractivity contribution >= 4 is 27.4 Å². The number of benzene rings is 1. The molecule has 0 fully saturated rings. The van der Waals surface area contributed by atoms with E-state index in [1.807, 2.05) is 30.0 Å². The van der Waals surface area contributed by atoms with Crippen molar-refractivity contribution in [2.24, 2.45) is 0 Å². The molecule has 24 heavy (non-hydrogen) atoms. The third-order valence-electron chi connectivity index (χ3n) is 3.90. The molecule has 2 heterocycles. The lowest BCUT2D eigenvalue weighted by Crippen LogP contribution is -2.41. The Hall–Kier alpha value is -2.02. The van der Waals surface area contributed by atoms with Gasteiger partial charge in [-0.2, -0.15) is 0 Å². The molecule has 0 aliphatic carbocycles. The van der Waals surface area contributed by atoms with Crippen LogP contribution in [-0.2, 0) is 0 Å². The fourth-order valence-electron chi connectivity index (χ4n) is 2.67. The van der Waals surface area contributed by atoms with Crippen LogP contribution in [0.1, 0.15) is 13.8 Å². The highest BCUT2D eigenvalue weighted by molar-refractivity contribution is 7.21. The van der Waals surface area contributed by atoms with Gasteiger partial charge in [-0.05, 0) is 25.5 Å². The van der Waals surface area contributed by atoms with Crippen LogP contribution in [-0.4, -0.2) is 45.5 Å². The van der Waals surface area contributed by atoms with E-state index in [1.165, 1.54) is 0 Å². The molecule has 2 N–H and O–H groups in total.